The molecule has 0 saturated heterocycles. The summed E-state index contributed by atoms with van der Waals surface area (Å²) in [4.78, 5) is 12.1. The van der Waals surface area contributed by atoms with Gasteiger partial charge in [-0.25, -0.2) is 0 Å². The Morgan fingerprint density at radius 1 is 1.37 bits per heavy atom. The van der Waals surface area contributed by atoms with Crippen molar-refractivity contribution in [1.82, 2.24) is 0 Å². The van der Waals surface area contributed by atoms with Crippen LogP contribution in [0.1, 0.15) is 37.7 Å². The number of nitrogens with one attached hydrogen (secondary N) is 1. The molecule has 2 aliphatic rings. The smallest absolute Gasteiger partial charge is 0.224 e. The monoisotopic (exact) mass is 259 g/mol. The van der Waals surface area contributed by atoms with Crippen molar-refractivity contribution in [2.24, 2.45) is 17.8 Å². The predicted octanol–water partition coefficient (Wildman–Crippen LogP) is 3.47. The minimum Gasteiger partial charge on any atom is -0.506 e. The Hall–Kier alpha value is -1.51. The Bertz CT molecular complexity index is 498. The molecule has 3 nitrogen and oxygen atoms in total. The molecule has 0 heterocycles. The van der Waals surface area contributed by atoms with Crippen LogP contribution in [-0.2, 0) is 4.79 Å². The van der Waals surface area contributed by atoms with Crippen molar-refractivity contribution in [2.45, 2.75) is 39.0 Å². The lowest BCUT2D eigenvalue weighted by Crippen LogP contribution is -2.20. The highest BCUT2D eigenvalue weighted by molar-refractivity contribution is 5.92. The van der Waals surface area contributed by atoms with Gasteiger partial charge in [-0.1, -0.05) is 12.5 Å². The topological polar surface area (TPSA) is 49.3 Å². The molecule has 1 aromatic carbocycles. The molecule has 102 valence electrons. The molecule has 0 spiro atoms. The number of hydrogen-bond acceptors (Lipinski definition) is 2. The van der Waals surface area contributed by atoms with Gasteiger partial charge in [0.2, 0.25) is 5.91 Å². The van der Waals surface area contributed by atoms with Crippen LogP contribution in [-0.4, -0.2) is 11.0 Å². The van der Waals surface area contributed by atoms with Crippen molar-refractivity contribution in [1.29, 1.82) is 0 Å². The Morgan fingerprint density at radius 3 is 2.84 bits per heavy atom. The number of hydrogen-bond donors (Lipinski definition) is 2. The van der Waals surface area contributed by atoms with Gasteiger partial charge in [-0.05, 0) is 61.6 Å². The van der Waals surface area contributed by atoms with E-state index in [9.17, 15) is 9.90 Å². The zero-order valence-corrected chi connectivity index (χ0v) is 11.4. The third-order valence-corrected chi connectivity index (χ3v) is 4.76. The van der Waals surface area contributed by atoms with Gasteiger partial charge in [-0.15, -0.1) is 0 Å². The first-order valence-corrected chi connectivity index (χ1v) is 7.21. The molecule has 0 unspecified atom stereocenters. The largest absolute Gasteiger partial charge is 0.506 e. The molecule has 3 heteroatoms. The van der Waals surface area contributed by atoms with Gasteiger partial charge in [-0.2, -0.15) is 0 Å². The second kappa shape index (κ2) is 4.87. The molecule has 2 aliphatic carbocycles. The molecule has 3 atom stereocenters. The van der Waals surface area contributed by atoms with E-state index in [1.807, 2.05) is 13.0 Å². The fraction of sp³-hybridized carbons (Fsp3) is 0.562. The lowest BCUT2D eigenvalue weighted by molar-refractivity contribution is -0.117. The van der Waals surface area contributed by atoms with Gasteiger partial charge < -0.3 is 10.4 Å². The number of amides is 1. The summed E-state index contributed by atoms with van der Waals surface area (Å²) < 4.78 is 0. The van der Waals surface area contributed by atoms with E-state index >= 15 is 0 Å². The molecule has 2 fully saturated rings. The van der Waals surface area contributed by atoms with E-state index < -0.39 is 0 Å². The zero-order chi connectivity index (χ0) is 13.4. The summed E-state index contributed by atoms with van der Waals surface area (Å²) in [7, 11) is 0. The Morgan fingerprint density at radius 2 is 2.21 bits per heavy atom. The highest BCUT2D eigenvalue weighted by atomic mass is 16.3. The highest BCUT2D eigenvalue weighted by Gasteiger charge is 2.40. The number of benzene rings is 1. The van der Waals surface area contributed by atoms with Gasteiger partial charge in [-0.3, -0.25) is 4.79 Å². The third kappa shape index (κ3) is 2.60. The zero-order valence-electron chi connectivity index (χ0n) is 11.4. The van der Waals surface area contributed by atoms with E-state index in [0.717, 1.165) is 17.4 Å². The number of anilines is 1. The number of carbonyl (C=O) groups is 1. The van der Waals surface area contributed by atoms with Crippen LogP contribution in [0.25, 0.3) is 0 Å². The van der Waals surface area contributed by atoms with Crippen molar-refractivity contribution in [2.75, 3.05) is 5.32 Å². The molecule has 1 amide bonds. The second-order valence-electron chi connectivity index (χ2n) is 6.21. The van der Waals surface area contributed by atoms with Gasteiger partial charge in [0.15, 0.2) is 0 Å². The molecule has 0 aromatic heterocycles. The summed E-state index contributed by atoms with van der Waals surface area (Å²) in [5.74, 6) is 2.39. The second-order valence-corrected chi connectivity index (χ2v) is 6.21. The van der Waals surface area contributed by atoms with Crippen LogP contribution in [0, 0.1) is 24.7 Å². The molecule has 19 heavy (non-hydrogen) atoms. The number of fused-ring (bicyclic) bond motifs is 2. The van der Waals surface area contributed by atoms with Crippen molar-refractivity contribution in [3.8, 4) is 5.75 Å². The van der Waals surface area contributed by atoms with Crippen LogP contribution in [0.4, 0.5) is 5.69 Å². The van der Waals surface area contributed by atoms with Crippen LogP contribution in [0.3, 0.4) is 0 Å². The molecule has 0 radical (unpaired) electrons. The number of rotatable bonds is 3. The minimum absolute atomic E-state index is 0.0386. The summed E-state index contributed by atoms with van der Waals surface area (Å²) in [5, 5.41) is 12.6. The van der Waals surface area contributed by atoms with Crippen molar-refractivity contribution >= 4 is 11.6 Å². The van der Waals surface area contributed by atoms with Crippen molar-refractivity contribution in [3.05, 3.63) is 23.8 Å². The number of phenols is 1. The van der Waals surface area contributed by atoms with Crippen LogP contribution in [0.15, 0.2) is 18.2 Å². The van der Waals surface area contributed by atoms with E-state index in [4.69, 9.17) is 0 Å². The van der Waals surface area contributed by atoms with Crippen molar-refractivity contribution in [3.63, 3.8) is 0 Å². The fourth-order valence-electron chi connectivity index (χ4n) is 3.81. The number of carbonyl (C=O) groups excluding carboxylic acids is 1. The molecule has 0 aliphatic heterocycles. The maximum atomic E-state index is 12.1. The normalized spacial score (nSPS) is 28.6. The molecule has 2 saturated carbocycles. The number of aryl methyl sites for hydroxylation is 1. The summed E-state index contributed by atoms with van der Waals surface area (Å²) in [6.45, 7) is 1.92. The Kier molecular flexibility index (Phi) is 3.21. The van der Waals surface area contributed by atoms with E-state index in [-0.39, 0.29) is 11.7 Å². The van der Waals surface area contributed by atoms with Crippen LogP contribution >= 0.6 is 0 Å². The lowest BCUT2D eigenvalue weighted by Gasteiger charge is -2.21. The van der Waals surface area contributed by atoms with Gasteiger partial charge in [0.25, 0.3) is 0 Å². The van der Waals surface area contributed by atoms with Crippen LogP contribution < -0.4 is 5.32 Å². The number of aromatic hydroxyl groups is 1. The van der Waals surface area contributed by atoms with E-state index in [1.165, 1.54) is 25.7 Å². The average molecular weight is 259 g/mol. The van der Waals surface area contributed by atoms with Crippen molar-refractivity contribution < 1.29 is 9.90 Å². The molecule has 2 N–H and O–H groups in total. The summed E-state index contributed by atoms with van der Waals surface area (Å²) in [5.41, 5.74) is 1.52. The molecule has 1 aromatic rings. The van der Waals surface area contributed by atoms with Gasteiger partial charge in [0.05, 0.1) is 5.69 Å². The van der Waals surface area contributed by atoms with Crippen LogP contribution in [0.5, 0.6) is 5.75 Å². The lowest BCUT2D eigenvalue weighted by atomic mass is 9.86. The fourth-order valence-corrected chi connectivity index (χ4v) is 3.81. The molecule has 3 rings (SSSR count). The average Bonchev–Trinajstić information content (AvgIpc) is 2.95. The summed E-state index contributed by atoms with van der Waals surface area (Å²) in [6.07, 6.45) is 5.82. The first-order chi connectivity index (χ1) is 9.11. The van der Waals surface area contributed by atoms with E-state index in [1.54, 1.807) is 12.1 Å². The Balaban J connectivity index is 1.59. The molecule has 2 bridgehead atoms. The van der Waals surface area contributed by atoms with Gasteiger partial charge in [0.1, 0.15) is 5.75 Å². The first kappa shape index (κ1) is 12.5. The standard InChI is InChI=1S/C16H21NO2/c1-10-2-5-14(15(18)6-10)17-16(19)9-13-8-11-3-4-12(13)7-11/h2,5-6,11-13,18H,3-4,7-9H2,1H3,(H,17,19)/t11-,12-,13-/m1/s1. The maximum Gasteiger partial charge on any atom is 0.224 e. The minimum atomic E-state index is 0.0386. The highest BCUT2D eigenvalue weighted by Crippen LogP contribution is 2.49. The van der Waals surface area contributed by atoms with E-state index in [2.05, 4.69) is 5.32 Å². The van der Waals surface area contributed by atoms with E-state index in [0.29, 0.717) is 18.0 Å². The van der Waals surface area contributed by atoms with Crippen LogP contribution in [0.2, 0.25) is 0 Å². The molecular formula is C16H21NO2. The number of phenolic OH excluding ortho intramolecular Hbond substituents is 1. The summed E-state index contributed by atoms with van der Waals surface area (Å²) in [6, 6.07) is 5.34. The van der Waals surface area contributed by atoms with Gasteiger partial charge >= 0.3 is 0 Å². The summed E-state index contributed by atoms with van der Waals surface area (Å²) >= 11 is 0. The Labute approximate surface area is 114 Å². The first-order valence-electron chi connectivity index (χ1n) is 7.21. The molecular weight excluding hydrogens is 238 g/mol. The van der Waals surface area contributed by atoms with Gasteiger partial charge in [0, 0.05) is 6.42 Å². The quantitative estimate of drug-likeness (QED) is 0.817. The maximum absolute atomic E-state index is 12.1. The SMILES string of the molecule is Cc1ccc(NC(=O)C[C@H]2C[C@@H]3CC[C@@H]2C3)c(O)c1. The predicted molar refractivity (Wildman–Crippen MR) is 75.0 cm³/mol. The third-order valence-electron chi connectivity index (χ3n) is 4.76.